The van der Waals surface area contributed by atoms with Crippen LogP contribution in [0.3, 0.4) is 0 Å². The number of hydrogen-bond acceptors (Lipinski definition) is 4. The largest absolute Gasteiger partial charge is 0.495 e. The van der Waals surface area contributed by atoms with Gasteiger partial charge in [0.25, 0.3) is 10.0 Å². The lowest BCUT2D eigenvalue weighted by Crippen LogP contribution is -2.17. The van der Waals surface area contributed by atoms with E-state index in [1.54, 1.807) is 26.0 Å². The van der Waals surface area contributed by atoms with Crippen molar-refractivity contribution in [1.29, 1.82) is 0 Å². The molecule has 8 heteroatoms. The Morgan fingerprint density at radius 1 is 1.25 bits per heavy atom. The zero-order valence-electron chi connectivity index (χ0n) is 11.0. The number of halogens is 2. The number of benzene rings is 1. The molecule has 108 valence electrons. The third kappa shape index (κ3) is 2.51. The van der Waals surface area contributed by atoms with Crippen LogP contribution < -0.4 is 4.74 Å². The Morgan fingerprint density at radius 2 is 1.90 bits per heavy atom. The minimum absolute atomic E-state index is 0.0625. The molecule has 2 aromatic rings. The second-order valence-electron chi connectivity index (χ2n) is 4.13. The van der Waals surface area contributed by atoms with Crippen LogP contribution in [0.4, 0.5) is 0 Å². The molecule has 0 fully saturated rings. The quantitative estimate of drug-likeness (QED) is 0.759. The summed E-state index contributed by atoms with van der Waals surface area (Å²) in [6.45, 7) is 3.42. The summed E-state index contributed by atoms with van der Waals surface area (Å²) in [4.78, 5) is 0.0625. The summed E-state index contributed by atoms with van der Waals surface area (Å²) in [5.41, 5.74) is 1.13. The fourth-order valence-corrected chi connectivity index (χ4v) is 4.21. The van der Waals surface area contributed by atoms with Crippen molar-refractivity contribution in [3.63, 3.8) is 0 Å². The van der Waals surface area contributed by atoms with Crippen LogP contribution in [-0.4, -0.2) is 24.7 Å². The maximum atomic E-state index is 12.7. The van der Waals surface area contributed by atoms with E-state index in [4.69, 9.17) is 4.74 Å². The van der Waals surface area contributed by atoms with Crippen LogP contribution in [0.25, 0.3) is 0 Å². The zero-order chi connectivity index (χ0) is 15.1. The van der Waals surface area contributed by atoms with Crippen molar-refractivity contribution in [3.8, 4) is 5.75 Å². The smallest absolute Gasteiger partial charge is 0.286 e. The minimum atomic E-state index is -3.82. The fraction of sp³-hybridized carbons (Fsp3) is 0.250. The maximum absolute atomic E-state index is 12.7. The zero-order valence-corrected chi connectivity index (χ0v) is 15.0. The van der Waals surface area contributed by atoms with Gasteiger partial charge in [-0.05, 0) is 48.0 Å². The van der Waals surface area contributed by atoms with Crippen LogP contribution in [0.2, 0.25) is 0 Å². The molecule has 0 unspecified atom stereocenters. The summed E-state index contributed by atoms with van der Waals surface area (Å²) in [5.74, 6) is 0.275. The van der Waals surface area contributed by atoms with E-state index in [0.29, 0.717) is 20.3 Å². The Balaban J connectivity index is 2.73. The number of hydrogen-bond donors (Lipinski definition) is 0. The molecular weight excluding hydrogens is 412 g/mol. The molecule has 2 rings (SSSR count). The first kappa shape index (κ1) is 15.5. The van der Waals surface area contributed by atoms with Crippen LogP contribution in [-0.2, 0) is 10.0 Å². The molecule has 0 atom stereocenters. The lowest BCUT2D eigenvalue weighted by atomic mass is 10.3. The molecule has 0 aliphatic carbocycles. The first-order chi connectivity index (χ1) is 9.28. The van der Waals surface area contributed by atoms with E-state index in [-0.39, 0.29) is 10.6 Å². The second-order valence-corrected chi connectivity index (χ2v) is 7.57. The molecule has 0 aliphatic rings. The maximum Gasteiger partial charge on any atom is 0.286 e. The van der Waals surface area contributed by atoms with Crippen molar-refractivity contribution in [2.75, 3.05) is 7.11 Å². The normalized spacial score (nSPS) is 11.7. The third-order valence-electron chi connectivity index (χ3n) is 2.79. The van der Waals surface area contributed by atoms with Crippen molar-refractivity contribution < 1.29 is 13.2 Å². The highest BCUT2D eigenvalue weighted by atomic mass is 79.9. The molecular formula is C12H12Br2N2O3S. The van der Waals surface area contributed by atoms with Gasteiger partial charge < -0.3 is 4.74 Å². The first-order valence-corrected chi connectivity index (χ1v) is 8.62. The Kier molecular flexibility index (Phi) is 4.27. The summed E-state index contributed by atoms with van der Waals surface area (Å²) in [5, 5.41) is 4.07. The van der Waals surface area contributed by atoms with Gasteiger partial charge in [0.2, 0.25) is 0 Å². The lowest BCUT2D eigenvalue weighted by molar-refractivity contribution is 0.402. The highest BCUT2D eigenvalue weighted by Crippen LogP contribution is 2.31. The molecule has 0 aliphatic heterocycles. The van der Waals surface area contributed by atoms with Gasteiger partial charge >= 0.3 is 0 Å². The lowest BCUT2D eigenvalue weighted by Gasteiger charge is -2.11. The molecule has 1 heterocycles. The van der Waals surface area contributed by atoms with Crippen molar-refractivity contribution in [2.24, 2.45) is 0 Å². The van der Waals surface area contributed by atoms with E-state index in [1.165, 1.54) is 13.2 Å². The van der Waals surface area contributed by atoms with Gasteiger partial charge in [-0.2, -0.15) is 17.6 Å². The number of ether oxygens (including phenoxy) is 1. The van der Waals surface area contributed by atoms with E-state index in [9.17, 15) is 8.42 Å². The van der Waals surface area contributed by atoms with Crippen molar-refractivity contribution in [3.05, 3.63) is 38.5 Å². The Labute approximate surface area is 134 Å². The van der Waals surface area contributed by atoms with Crippen LogP contribution in [0.1, 0.15) is 11.4 Å². The second kappa shape index (κ2) is 5.50. The first-order valence-electron chi connectivity index (χ1n) is 5.60. The highest BCUT2D eigenvalue weighted by Gasteiger charge is 2.26. The Morgan fingerprint density at radius 3 is 2.40 bits per heavy atom. The van der Waals surface area contributed by atoms with Crippen LogP contribution in [0, 0.1) is 13.8 Å². The van der Waals surface area contributed by atoms with E-state index in [2.05, 4.69) is 37.0 Å². The summed E-state index contributed by atoms with van der Waals surface area (Å²) < 4.78 is 32.9. The highest BCUT2D eigenvalue weighted by molar-refractivity contribution is 9.10. The van der Waals surface area contributed by atoms with Crippen LogP contribution in [0.5, 0.6) is 5.75 Å². The molecule has 1 aromatic carbocycles. The molecule has 0 N–H and O–H groups in total. The van der Waals surface area contributed by atoms with E-state index < -0.39 is 10.0 Å². The molecule has 0 bridgehead atoms. The average molecular weight is 424 g/mol. The standard InChI is InChI=1S/C12H12Br2N2O3S/c1-7-12(14)8(2)16(15-7)20(17,18)11-6-9(13)4-5-10(11)19-3/h4-6H,1-3H3. The monoisotopic (exact) mass is 422 g/mol. The minimum Gasteiger partial charge on any atom is -0.495 e. The Hall–Kier alpha value is -0.860. The summed E-state index contributed by atoms with van der Waals surface area (Å²) in [6, 6.07) is 4.81. The number of aromatic nitrogens is 2. The van der Waals surface area contributed by atoms with Crippen molar-refractivity contribution in [2.45, 2.75) is 18.7 Å². The topological polar surface area (TPSA) is 61.2 Å². The van der Waals surface area contributed by atoms with Gasteiger partial charge in [0.15, 0.2) is 0 Å². The van der Waals surface area contributed by atoms with Gasteiger partial charge in [0, 0.05) is 4.47 Å². The third-order valence-corrected chi connectivity index (χ3v) is 6.12. The van der Waals surface area contributed by atoms with Gasteiger partial charge in [-0.15, -0.1) is 0 Å². The van der Waals surface area contributed by atoms with Crippen LogP contribution in [0.15, 0.2) is 32.0 Å². The SMILES string of the molecule is COc1ccc(Br)cc1S(=O)(=O)n1nc(C)c(Br)c1C. The number of aryl methyl sites for hydroxylation is 1. The fourth-order valence-electron chi connectivity index (χ4n) is 1.78. The number of methoxy groups -OCH3 is 1. The molecule has 0 saturated heterocycles. The van der Waals surface area contributed by atoms with E-state index in [1.807, 2.05) is 0 Å². The van der Waals surface area contributed by atoms with Crippen molar-refractivity contribution >= 4 is 41.9 Å². The van der Waals surface area contributed by atoms with E-state index in [0.717, 1.165) is 4.09 Å². The summed E-state index contributed by atoms with van der Waals surface area (Å²) in [6.07, 6.45) is 0. The van der Waals surface area contributed by atoms with Crippen molar-refractivity contribution in [1.82, 2.24) is 9.19 Å². The number of rotatable bonds is 3. The van der Waals surface area contributed by atoms with Gasteiger partial charge in [0.1, 0.15) is 10.6 Å². The molecule has 0 spiro atoms. The molecule has 20 heavy (non-hydrogen) atoms. The Bertz CT molecular complexity index is 769. The van der Waals surface area contributed by atoms with Crippen LogP contribution >= 0.6 is 31.9 Å². The van der Waals surface area contributed by atoms with Gasteiger partial charge in [-0.25, -0.2) is 0 Å². The molecule has 0 radical (unpaired) electrons. The summed E-state index contributed by atoms with van der Waals surface area (Å²) >= 11 is 6.60. The van der Waals surface area contributed by atoms with Gasteiger partial charge in [-0.3, -0.25) is 0 Å². The van der Waals surface area contributed by atoms with E-state index >= 15 is 0 Å². The predicted octanol–water partition coefficient (Wildman–Crippen LogP) is 3.27. The average Bonchev–Trinajstić information content (AvgIpc) is 2.67. The molecule has 0 saturated carbocycles. The predicted molar refractivity (Wildman–Crippen MR) is 82.7 cm³/mol. The molecule has 0 amide bonds. The van der Waals surface area contributed by atoms with Gasteiger partial charge in [0.05, 0.1) is 23.0 Å². The molecule has 1 aromatic heterocycles. The number of nitrogens with zero attached hydrogens (tertiary/aromatic N) is 2. The summed E-state index contributed by atoms with van der Waals surface area (Å²) in [7, 11) is -2.39. The van der Waals surface area contributed by atoms with Gasteiger partial charge in [-0.1, -0.05) is 15.9 Å². The molecule has 5 nitrogen and oxygen atoms in total.